The molecule has 1 saturated heterocycles. The molecule has 1 aliphatic carbocycles. The lowest BCUT2D eigenvalue weighted by Crippen LogP contribution is -2.38. The lowest BCUT2D eigenvalue weighted by molar-refractivity contribution is -0.385. The second kappa shape index (κ2) is 10.7. The number of carbonyl (C=O) groups excluding carboxylic acids is 3. The number of nitro benzene ring substituents is 1. The number of unbranched alkanes of at least 4 members (excludes halogenated alkanes) is 1. The third-order valence-electron chi connectivity index (χ3n) is 5.78. The van der Waals surface area contributed by atoms with E-state index in [9.17, 15) is 24.5 Å². The largest absolute Gasteiger partial charge is 0.494 e. The van der Waals surface area contributed by atoms with Crippen LogP contribution in [0.2, 0.25) is 0 Å². The van der Waals surface area contributed by atoms with E-state index in [2.05, 4.69) is 5.32 Å². The number of nitro groups is 1. The average molecular weight is 444 g/mol. The van der Waals surface area contributed by atoms with E-state index in [0.717, 1.165) is 12.8 Å². The smallest absolute Gasteiger partial charge is 0.326 e. The maximum absolute atomic E-state index is 12.4. The molecular formula is C22H28N4O6. The molecule has 10 nitrogen and oxygen atoms in total. The van der Waals surface area contributed by atoms with E-state index < -0.39 is 16.9 Å². The summed E-state index contributed by atoms with van der Waals surface area (Å²) in [6.07, 6.45) is 8.82. The molecule has 2 N–H and O–H groups in total. The first-order valence-electron chi connectivity index (χ1n) is 10.9. The fraction of sp³-hybridized carbons (Fsp3) is 0.500. The first-order valence-corrected chi connectivity index (χ1v) is 10.9. The van der Waals surface area contributed by atoms with Crippen molar-refractivity contribution in [3.63, 3.8) is 0 Å². The van der Waals surface area contributed by atoms with Crippen LogP contribution in [0.4, 0.5) is 10.5 Å². The summed E-state index contributed by atoms with van der Waals surface area (Å²) >= 11 is 0. The summed E-state index contributed by atoms with van der Waals surface area (Å²) in [5.74, 6) is -0.102. The molecule has 32 heavy (non-hydrogen) atoms. The number of hydrogen-bond acceptors (Lipinski definition) is 6. The van der Waals surface area contributed by atoms with Gasteiger partial charge in [0.1, 0.15) is 11.4 Å². The van der Waals surface area contributed by atoms with Crippen LogP contribution in [0.3, 0.4) is 0 Å². The van der Waals surface area contributed by atoms with Crippen LogP contribution in [-0.2, 0) is 9.59 Å². The van der Waals surface area contributed by atoms with Crippen LogP contribution in [0.25, 0.3) is 6.08 Å². The minimum absolute atomic E-state index is 0.0733. The van der Waals surface area contributed by atoms with Gasteiger partial charge in [-0.1, -0.05) is 19.3 Å². The molecule has 1 saturated carbocycles. The van der Waals surface area contributed by atoms with Crippen LogP contribution in [0.15, 0.2) is 23.9 Å². The molecule has 1 aliphatic heterocycles. The topological polar surface area (TPSA) is 131 Å². The molecule has 0 atom stereocenters. The second-order valence-electron chi connectivity index (χ2n) is 8.05. The monoisotopic (exact) mass is 444 g/mol. The Balaban J connectivity index is 1.51. The number of amides is 4. The quantitative estimate of drug-likeness (QED) is 0.198. The summed E-state index contributed by atoms with van der Waals surface area (Å²) in [6.45, 7) is 0.353. The van der Waals surface area contributed by atoms with Crippen LogP contribution in [0.5, 0.6) is 5.75 Å². The molecule has 1 heterocycles. The Hall–Kier alpha value is -3.43. The Labute approximate surface area is 186 Å². The Kier molecular flexibility index (Phi) is 7.80. The zero-order valence-corrected chi connectivity index (χ0v) is 18.1. The van der Waals surface area contributed by atoms with Crippen molar-refractivity contribution < 1.29 is 24.0 Å². The van der Waals surface area contributed by atoms with Gasteiger partial charge in [0.25, 0.3) is 11.6 Å². The van der Waals surface area contributed by atoms with Gasteiger partial charge in [0.05, 0.1) is 17.1 Å². The number of urea groups is 1. The minimum atomic E-state index is -0.681. The van der Waals surface area contributed by atoms with Crippen molar-refractivity contribution in [2.45, 2.75) is 57.4 Å². The Morgan fingerprint density at radius 2 is 1.97 bits per heavy atom. The van der Waals surface area contributed by atoms with Gasteiger partial charge >= 0.3 is 6.03 Å². The molecular weight excluding hydrogens is 416 g/mol. The number of benzene rings is 1. The molecule has 0 unspecified atom stereocenters. The van der Waals surface area contributed by atoms with Crippen LogP contribution in [0, 0.1) is 10.1 Å². The summed E-state index contributed by atoms with van der Waals surface area (Å²) in [5, 5.41) is 15.6. The summed E-state index contributed by atoms with van der Waals surface area (Å²) in [6, 6.07) is 3.89. The van der Waals surface area contributed by atoms with Gasteiger partial charge in [-0.3, -0.25) is 25.0 Å². The molecule has 2 fully saturated rings. The molecule has 0 radical (unpaired) electrons. The Morgan fingerprint density at radius 1 is 1.22 bits per heavy atom. The number of imide groups is 1. The van der Waals surface area contributed by atoms with Crippen LogP contribution >= 0.6 is 0 Å². The van der Waals surface area contributed by atoms with Gasteiger partial charge in [-0.05, 0) is 43.9 Å². The highest BCUT2D eigenvalue weighted by Crippen LogP contribution is 2.27. The van der Waals surface area contributed by atoms with E-state index in [-0.39, 0.29) is 22.9 Å². The van der Waals surface area contributed by atoms with Gasteiger partial charge in [-0.15, -0.1) is 0 Å². The highest BCUT2D eigenvalue weighted by Gasteiger charge is 2.25. The Morgan fingerprint density at radius 3 is 2.62 bits per heavy atom. The highest BCUT2D eigenvalue weighted by atomic mass is 16.6. The average Bonchev–Trinajstić information content (AvgIpc) is 3.09. The zero-order chi connectivity index (χ0) is 23.1. The predicted molar refractivity (Wildman–Crippen MR) is 117 cm³/mol. The number of carbonyl (C=O) groups is 3. The number of nitrogens with one attached hydrogen (secondary N) is 2. The maximum atomic E-state index is 12.4. The third-order valence-corrected chi connectivity index (χ3v) is 5.78. The number of hydrogen-bond donors (Lipinski definition) is 2. The van der Waals surface area contributed by atoms with E-state index in [1.165, 1.54) is 43.5 Å². The van der Waals surface area contributed by atoms with E-state index >= 15 is 0 Å². The van der Waals surface area contributed by atoms with E-state index in [1.807, 2.05) is 17.3 Å². The van der Waals surface area contributed by atoms with Crippen LogP contribution in [-0.4, -0.2) is 47.4 Å². The van der Waals surface area contributed by atoms with Gasteiger partial charge < -0.3 is 15.0 Å². The van der Waals surface area contributed by atoms with Gasteiger partial charge in [0.15, 0.2) is 0 Å². The maximum Gasteiger partial charge on any atom is 0.326 e. The molecule has 4 amide bonds. The SMILES string of the molecule is CN(C(=O)CCCCOc1ccc([N+](=O)[O-])c(C=C2NC(=O)NC2=O)c1)C1CCCCC1. The zero-order valence-electron chi connectivity index (χ0n) is 18.1. The van der Waals surface area contributed by atoms with E-state index in [0.29, 0.717) is 37.7 Å². The molecule has 0 bridgehead atoms. The molecule has 172 valence electrons. The molecule has 3 rings (SSSR count). The van der Waals surface area contributed by atoms with E-state index in [4.69, 9.17) is 4.74 Å². The highest BCUT2D eigenvalue weighted by molar-refractivity contribution is 6.14. The number of nitrogens with zero attached hydrogens (tertiary/aromatic N) is 2. The summed E-state index contributed by atoms with van der Waals surface area (Å²) < 4.78 is 5.69. The molecule has 2 aliphatic rings. The van der Waals surface area contributed by atoms with Crippen LogP contribution < -0.4 is 15.4 Å². The van der Waals surface area contributed by atoms with Crippen molar-refractivity contribution in [2.75, 3.05) is 13.7 Å². The second-order valence-corrected chi connectivity index (χ2v) is 8.05. The fourth-order valence-electron chi connectivity index (χ4n) is 3.96. The van der Waals surface area contributed by atoms with Crippen molar-refractivity contribution in [2.24, 2.45) is 0 Å². The summed E-state index contributed by atoms with van der Waals surface area (Å²) in [7, 11) is 1.88. The standard InChI is InChI=1S/C22H28N4O6/c1-25(16-7-3-2-4-8-16)20(27)9-5-6-12-32-17-10-11-19(26(30)31)15(13-17)14-18-21(28)24-22(29)23-18/h10-11,13-14,16H,2-9,12H2,1H3,(H2,23,24,28,29). The van der Waals surface area contributed by atoms with Crippen molar-refractivity contribution >= 4 is 29.6 Å². The minimum Gasteiger partial charge on any atom is -0.494 e. The lowest BCUT2D eigenvalue weighted by atomic mass is 9.94. The normalized spacial score (nSPS) is 17.7. The van der Waals surface area contributed by atoms with Crippen molar-refractivity contribution in [3.05, 3.63) is 39.6 Å². The first-order chi connectivity index (χ1) is 15.3. The predicted octanol–water partition coefficient (Wildman–Crippen LogP) is 3.12. The lowest BCUT2D eigenvalue weighted by Gasteiger charge is -2.31. The summed E-state index contributed by atoms with van der Waals surface area (Å²) in [4.78, 5) is 48.0. The molecule has 0 spiro atoms. The van der Waals surface area contributed by atoms with Crippen molar-refractivity contribution in [3.8, 4) is 5.75 Å². The Bertz CT molecular complexity index is 923. The first kappa shape index (κ1) is 23.2. The fourth-order valence-corrected chi connectivity index (χ4v) is 3.96. The molecule has 10 heteroatoms. The van der Waals surface area contributed by atoms with Gasteiger partial charge in [-0.25, -0.2) is 4.79 Å². The third kappa shape index (κ3) is 6.05. The summed E-state index contributed by atoms with van der Waals surface area (Å²) in [5.41, 5.74) is -0.143. The van der Waals surface area contributed by atoms with Crippen molar-refractivity contribution in [1.29, 1.82) is 0 Å². The molecule has 0 aromatic heterocycles. The molecule has 1 aromatic rings. The van der Waals surface area contributed by atoms with Gasteiger partial charge in [0, 0.05) is 25.6 Å². The van der Waals surface area contributed by atoms with Gasteiger partial charge in [-0.2, -0.15) is 0 Å². The van der Waals surface area contributed by atoms with Crippen molar-refractivity contribution in [1.82, 2.24) is 15.5 Å². The number of rotatable bonds is 9. The van der Waals surface area contributed by atoms with E-state index in [1.54, 1.807) is 0 Å². The number of ether oxygens (including phenoxy) is 1. The van der Waals surface area contributed by atoms with Crippen LogP contribution in [0.1, 0.15) is 56.9 Å². The molecule has 1 aromatic carbocycles. The van der Waals surface area contributed by atoms with Gasteiger partial charge in [0.2, 0.25) is 5.91 Å².